The molecule has 0 bridgehead atoms. The molecular weight excluding hydrogens is 626 g/mol. The molecule has 262 valence electrons. The number of nitrogens with zero attached hydrogens (tertiary/aromatic N) is 5. The Morgan fingerprint density at radius 1 is 1.00 bits per heavy atom. The largest absolute Gasteiger partial charge is 0.388 e. The van der Waals surface area contributed by atoms with Gasteiger partial charge in [-0.2, -0.15) is 5.10 Å². The van der Waals surface area contributed by atoms with Gasteiger partial charge in [-0.1, -0.05) is 61.5 Å². The van der Waals surface area contributed by atoms with Crippen molar-refractivity contribution in [2.24, 2.45) is 12.8 Å². The number of hydrogen-bond acceptors (Lipinski definition) is 9. The molecule has 0 saturated carbocycles. The van der Waals surface area contributed by atoms with Gasteiger partial charge >= 0.3 is 0 Å². The van der Waals surface area contributed by atoms with Crippen LogP contribution >= 0.6 is 0 Å². The number of carbonyl (C=O) groups is 2. The zero-order chi connectivity index (χ0) is 34.8. The number of benzene rings is 2. The number of aromatic nitrogens is 4. The maximum Gasteiger partial charge on any atom is 0.281 e. The van der Waals surface area contributed by atoms with E-state index in [1.807, 2.05) is 66.4 Å². The molecule has 1 aliphatic heterocycles. The topological polar surface area (TPSA) is 167 Å². The Morgan fingerprint density at radius 2 is 1.69 bits per heavy atom. The molecular formula is C36H47N7O6. The zero-order valence-electron chi connectivity index (χ0n) is 28.3. The molecule has 2 aromatic carbocycles. The Bertz CT molecular complexity index is 1750. The lowest BCUT2D eigenvalue weighted by Crippen LogP contribution is -2.49. The second-order valence-electron chi connectivity index (χ2n) is 12.7. The fourth-order valence-electron chi connectivity index (χ4n) is 6.11. The van der Waals surface area contributed by atoms with Crippen molar-refractivity contribution in [2.45, 2.75) is 57.2 Å². The van der Waals surface area contributed by atoms with Crippen LogP contribution in [0.4, 0.5) is 0 Å². The lowest BCUT2D eigenvalue weighted by Gasteiger charge is -2.38. The number of aryl methyl sites for hydroxylation is 1. The van der Waals surface area contributed by atoms with E-state index in [1.165, 1.54) is 10.9 Å². The van der Waals surface area contributed by atoms with Crippen molar-refractivity contribution >= 4 is 22.8 Å². The van der Waals surface area contributed by atoms with Gasteiger partial charge in [0, 0.05) is 51.6 Å². The van der Waals surface area contributed by atoms with Crippen LogP contribution in [0.2, 0.25) is 0 Å². The molecule has 1 aliphatic rings. The average Bonchev–Trinajstić information content (AvgIpc) is 3.45. The van der Waals surface area contributed by atoms with Gasteiger partial charge in [0.05, 0.1) is 50.6 Å². The number of rotatable bonds is 16. The van der Waals surface area contributed by atoms with E-state index in [1.54, 1.807) is 11.7 Å². The first-order chi connectivity index (χ1) is 23.7. The summed E-state index contributed by atoms with van der Waals surface area (Å²) in [6.07, 6.45) is 2.86. The van der Waals surface area contributed by atoms with Crippen LogP contribution in [-0.4, -0.2) is 92.8 Å². The first kappa shape index (κ1) is 35.9. The SMILES string of the molecule is C[C@H](CC(=O)N1CCC(O)(Cn2cnc3c(-c4ccc(CNC(=O)CCOCCOCCN)cc4)n(C)nc3c2=O)CC1)c1ccccc1. The molecule has 0 unspecified atom stereocenters. The van der Waals surface area contributed by atoms with Crippen molar-refractivity contribution in [3.05, 3.63) is 82.4 Å². The number of likely N-dealkylation sites (tertiary alicyclic amines) is 1. The molecule has 2 amide bonds. The molecule has 0 radical (unpaired) electrons. The van der Waals surface area contributed by atoms with Crippen molar-refractivity contribution in [3.63, 3.8) is 0 Å². The summed E-state index contributed by atoms with van der Waals surface area (Å²) >= 11 is 0. The van der Waals surface area contributed by atoms with Crippen LogP contribution in [0, 0.1) is 0 Å². The Balaban J connectivity index is 1.15. The van der Waals surface area contributed by atoms with Crippen LogP contribution in [0.25, 0.3) is 22.3 Å². The molecule has 3 heterocycles. The predicted molar refractivity (Wildman–Crippen MR) is 186 cm³/mol. The molecule has 1 atom stereocenters. The van der Waals surface area contributed by atoms with Crippen molar-refractivity contribution in [2.75, 3.05) is 46.1 Å². The molecule has 1 saturated heterocycles. The monoisotopic (exact) mass is 673 g/mol. The van der Waals surface area contributed by atoms with Gasteiger partial charge < -0.3 is 30.5 Å². The van der Waals surface area contributed by atoms with Crippen LogP contribution in [0.15, 0.2) is 65.7 Å². The first-order valence-corrected chi connectivity index (χ1v) is 16.9. The van der Waals surface area contributed by atoms with Gasteiger partial charge in [-0.3, -0.25) is 23.6 Å². The number of ether oxygens (including phenoxy) is 2. The molecule has 13 nitrogen and oxygen atoms in total. The number of piperidine rings is 1. The second kappa shape index (κ2) is 16.8. The predicted octanol–water partition coefficient (Wildman–Crippen LogP) is 2.34. The van der Waals surface area contributed by atoms with Crippen molar-refractivity contribution in [1.82, 2.24) is 29.5 Å². The average molecular weight is 674 g/mol. The molecule has 0 spiro atoms. The molecule has 49 heavy (non-hydrogen) atoms. The Morgan fingerprint density at radius 3 is 2.39 bits per heavy atom. The highest BCUT2D eigenvalue weighted by Gasteiger charge is 2.35. The quantitative estimate of drug-likeness (QED) is 0.151. The Kier molecular flexibility index (Phi) is 12.3. The normalized spacial score (nSPS) is 15.0. The fourth-order valence-corrected chi connectivity index (χ4v) is 6.11. The molecule has 5 rings (SSSR count). The number of hydrogen-bond donors (Lipinski definition) is 3. The smallest absolute Gasteiger partial charge is 0.281 e. The summed E-state index contributed by atoms with van der Waals surface area (Å²) in [7, 11) is 1.76. The molecule has 4 N–H and O–H groups in total. The van der Waals surface area contributed by atoms with Gasteiger partial charge in [-0.05, 0) is 29.9 Å². The highest BCUT2D eigenvalue weighted by Crippen LogP contribution is 2.28. The van der Waals surface area contributed by atoms with Crippen molar-refractivity contribution < 1.29 is 24.2 Å². The minimum atomic E-state index is -1.14. The molecule has 1 fully saturated rings. The Hall–Kier alpha value is -4.43. The van der Waals surface area contributed by atoms with Gasteiger partial charge in [0.25, 0.3) is 5.56 Å². The van der Waals surface area contributed by atoms with E-state index in [-0.39, 0.29) is 41.8 Å². The summed E-state index contributed by atoms with van der Waals surface area (Å²) in [6, 6.07) is 17.6. The maximum atomic E-state index is 13.5. The van der Waals surface area contributed by atoms with E-state index >= 15 is 0 Å². The van der Waals surface area contributed by atoms with E-state index in [4.69, 9.17) is 15.2 Å². The molecule has 4 aromatic rings. The minimum Gasteiger partial charge on any atom is -0.388 e. The van der Waals surface area contributed by atoms with Crippen LogP contribution in [0.5, 0.6) is 0 Å². The molecule has 0 aliphatic carbocycles. The number of amides is 2. The summed E-state index contributed by atoms with van der Waals surface area (Å²) < 4.78 is 13.7. The van der Waals surface area contributed by atoms with Crippen LogP contribution in [-0.2, 0) is 39.2 Å². The summed E-state index contributed by atoms with van der Waals surface area (Å²) in [5, 5.41) is 18.8. The van der Waals surface area contributed by atoms with E-state index in [0.717, 1.165) is 16.7 Å². The van der Waals surface area contributed by atoms with Crippen LogP contribution in [0.1, 0.15) is 49.7 Å². The third-order valence-electron chi connectivity index (χ3n) is 9.00. The summed E-state index contributed by atoms with van der Waals surface area (Å²) in [5.74, 6) is 0.0659. The lowest BCUT2D eigenvalue weighted by atomic mass is 9.90. The van der Waals surface area contributed by atoms with Gasteiger partial charge in [0.1, 0.15) is 5.52 Å². The molecule has 13 heteroatoms. The third kappa shape index (κ3) is 9.38. The zero-order valence-corrected chi connectivity index (χ0v) is 28.3. The van der Waals surface area contributed by atoms with Gasteiger partial charge in [0.2, 0.25) is 11.8 Å². The Labute approximate surface area is 286 Å². The van der Waals surface area contributed by atoms with E-state index in [0.29, 0.717) is 83.1 Å². The van der Waals surface area contributed by atoms with Crippen molar-refractivity contribution in [1.29, 1.82) is 0 Å². The standard InChI is InChI=1S/C36H47N7O6/c1-26(28-6-4-3-5-7-28)22-31(45)42-16-13-36(47,14-17-42)24-43-25-39-32-33(35(43)46)40-41(2)34(32)29-10-8-27(9-11-29)23-38-30(44)12-18-48-20-21-49-19-15-37/h3-11,25-26,47H,12-24,37H2,1-2H3,(H,38,44)/t26-/m1/s1. The summed E-state index contributed by atoms with van der Waals surface area (Å²) in [5.41, 5.74) is 8.15. The summed E-state index contributed by atoms with van der Waals surface area (Å²) in [6.45, 7) is 5.47. The van der Waals surface area contributed by atoms with E-state index in [2.05, 4.69) is 15.4 Å². The highest BCUT2D eigenvalue weighted by molar-refractivity contribution is 5.89. The number of nitrogens with two attached hydrogens (primary N) is 1. The van der Waals surface area contributed by atoms with Gasteiger partial charge in [0.15, 0.2) is 5.52 Å². The number of nitrogens with one attached hydrogen (secondary N) is 1. The number of carbonyl (C=O) groups excluding carboxylic acids is 2. The minimum absolute atomic E-state index is 0.0683. The third-order valence-corrected chi connectivity index (χ3v) is 9.00. The van der Waals surface area contributed by atoms with Gasteiger partial charge in [-0.15, -0.1) is 0 Å². The lowest BCUT2D eigenvalue weighted by molar-refractivity contribution is -0.136. The first-order valence-electron chi connectivity index (χ1n) is 16.9. The van der Waals surface area contributed by atoms with Crippen LogP contribution in [0.3, 0.4) is 0 Å². The fraction of sp³-hybridized carbons (Fsp3) is 0.472. The van der Waals surface area contributed by atoms with Crippen molar-refractivity contribution in [3.8, 4) is 11.3 Å². The van der Waals surface area contributed by atoms with E-state index < -0.39 is 5.60 Å². The van der Waals surface area contributed by atoms with E-state index in [9.17, 15) is 19.5 Å². The highest BCUT2D eigenvalue weighted by atomic mass is 16.5. The second-order valence-corrected chi connectivity index (χ2v) is 12.7. The number of fused-ring (bicyclic) bond motifs is 1. The maximum absolute atomic E-state index is 13.5. The van der Waals surface area contributed by atoms with Crippen LogP contribution < -0.4 is 16.6 Å². The molecule has 2 aromatic heterocycles. The van der Waals surface area contributed by atoms with Gasteiger partial charge in [-0.25, -0.2) is 4.98 Å². The number of aliphatic hydroxyl groups is 1. The summed E-state index contributed by atoms with van der Waals surface area (Å²) in [4.78, 5) is 45.1.